The third kappa shape index (κ3) is 8.98. The van der Waals surface area contributed by atoms with E-state index in [1.165, 1.54) is 57.4 Å². The van der Waals surface area contributed by atoms with Gasteiger partial charge in [0.05, 0.1) is 5.69 Å². The van der Waals surface area contributed by atoms with E-state index >= 15 is 0 Å². The highest BCUT2D eigenvalue weighted by Crippen LogP contribution is 2.12. The number of hydrogen-bond donors (Lipinski definition) is 2. The third-order valence-electron chi connectivity index (χ3n) is 3.69. The molecule has 0 aromatic heterocycles. The van der Waals surface area contributed by atoms with E-state index in [1.54, 1.807) is 18.2 Å². The SMILES string of the molecule is CCCCCCCCCCCNC(=S)Nc1ccccc1F. The van der Waals surface area contributed by atoms with Gasteiger partial charge in [0.2, 0.25) is 0 Å². The molecule has 4 heteroatoms. The van der Waals surface area contributed by atoms with E-state index in [-0.39, 0.29) is 5.82 Å². The molecule has 0 saturated heterocycles. The molecule has 124 valence electrons. The Balaban J connectivity index is 1.96. The van der Waals surface area contributed by atoms with Gasteiger partial charge in [-0.3, -0.25) is 0 Å². The molecule has 0 spiro atoms. The fourth-order valence-corrected chi connectivity index (χ4v) is 2.58. The van der Waals surface area contributed by atoms with Crippen molar-refractivity contribution in [2.24, 2.45) is 0 Å². The van der Waals surface area contributed by atoms with Gasteiger partial charge in [-0.05, 0) is 30.8 Å². The average Bonchev–Trinajstić information content (AvgIpc) is 2.51. The van der Waals surface area contributed by atoms with Crippen LogP contribution in [0.25, 0.3) is 0 Å². The quantitative estimate of drug-likeness (QED) is 0.407. The molecule has 0 amide bonds. The summed E-state index contributed by atoms with van der Waals surface area (Å²) in [4.78, 5) is 0. The van der Waals surface area contributed by atoms with Crippen LogP contribution in [0.4, 0.5) is 10.1 Å². The summed E-state index contributed by atoms with van der Waals surface area (Å²) in [6.07, 6.45) is 11.8. The fourth-order valence-electron chi connectivity index (χ4n) is 2.37. The van der Waals surface area contributed by atoms with Gasteiger partial charge in [-0.1, -0.05) is 70.4 Å². The monoisotopic (exact) mass is 324 g/mol. The molecule has 22 heavy (non-hydrogen) atoms. The highest BCUT2D eigenvalue weighted by molar-refractivity contribution is 7.80. The first-order chi connectivity index (χ1) is 10.7. The van der Waals surface area contributed by atoms with Crippen molar-refractivity contribution < 1.29 is 4.39 Å². The average molecular weight is 325 g/mol. The van der Waals surface area contributed by atoms with Gasteiger partial charge in [0.1, 0.15) is 5.82 Å². The Labute approximate surface area is 139 Å². The molecule has 0 atom stereocenters. The second-order valence-corrected chi connectivity index (χ2v) is 6.10. The highest BCUT2D eigenvalue weighted by Gasteiger charge is 2.02. The topological polar surface area (TPSA) is 24.1 Å². The summed E-state index contributed by atoms with van der Waals surface area (Å²) in [7, 11) is 0. The number of anilines is 1. The molecule has 1 aromatic rings. The Bertz CT molecular complexity index is 423. The van der Waals surface area contributed by atoms with Gasteiger partial charge < -0.3 is 10.6 Å². The van der Waals surface area contributed by atoms with Crippen LogP contribution in [-0.4, -0.2) is 11.7 Å². The fraction of sp³-hybridized carbons (Fsp3) is 0.611. The normalized spacial score (nSPS) is 10.5. The van der Waals surface area contributed by atoms with Crippen LogP contribution in [0.5, 0.6) is 0 Å². The Morgan fingerprint density at radius 3 is 2.18 bits per heavy atom. The minimum absolute atomic E-state index is 0.283. The van der Waals surface area contributed by atoms with E-state index in [0.29, 0.717) is 10.8 Å². The molecule has 1 rings (SSSR count). The molecule has 2 N–H and O–H groups in total. The number of rotatable bonds is 11. The lowest BCUT2D eigenvalue weighted by Crippen LogP contribution is -2.29. The van der Waals surface area contributed by atoms with Crippen LogP contribution in [0.15, 0.2) is 24.3 Å². The van der Waals surface area contributed by atoms with Crippen molar-refractivity contribution >= 4 is 23.0 Å². The number of unbranched alkanes of at least 4 members (excludes halogenated alkanes) is 8. The lowest BCUT2D eigenvalue weighted by atomic mass is 10.1. The van der Waals surface area contributed by atoms with Crippen molar-refractivity contribution in [3.05, 3.63) is 30.1 Å². The summed E-state index contributed by atoms with van der Waals surface area (Å²) < 4.78 is 13.4. The van der Waals surface area contributed by atoms with Gasteiger partial charge >= 0.3 is 0 Å². The smallest absolute Gasteiger partial charge is 0.170 e. The van der Waals surface area contributed by atoms with Gasteiger partial charge in [-0.15, -0.1) is 0 Å². The van der Waals surface area contributed by atoms with Crippen LogP contribution in [-0.2, 0) is 0 Å². The summed E-state index contributed by atoms with van der Waals surface area (Å²) in [6.45, 7) is 3.09. The van der Waals surface area contributed by atoms with E-state index in [4.69, 9.17) is 12.2 Å². The number of benzene rings is 1. The van der Waals surface area contributed by atoms with E-state index in [1.807, 2.05) is 0 Å². The van der Waals surface area contributed by atoms with Crippen LogP contribution < -0.4 is 10.6 Å². The number of thiocarbonyl (C=S) groups is 1. The van der Waals surface area contributed by atoms with Crippen molar-refractivity contribution in [3.63, 3.8) is 0 Å². The zero-order chi connectivity index (χ0) is 16.0. The van der Waals surface area contributed by atoms with E-state index < -0.39 is 0 Å². The van der Waals surface area contributed by atoms with E-state index in [0.717, 1.165) is 13.0 Å². The van der Waals surface area contributed by atoms with Crippen LogP contribution in [0.3, 0.4) is 0 Å². The molecular formula is C18H29FN2S. The maximum absolute atomic E-state index is 13.4. The Hall–Kier alpha value is -1.16. The molecular weight excluding hydrogens is 295 g/mol. The highest BCUT2D eigenvalue weighted by atomic mass is 32.1. The number of nitrogens with one attached hydrogen (secondary N) is 2. The standard InChI is InChI=1S/C18H29FN2S/c1-2-3-4-5-6-7-8-9-12-15-20-18(22)21-17-14-11-10-13-16(17)19/h10-11,13-14H,2-9,12,15H2,1H3,(H2,20,21,22). The first-order valence-electron chi connectivity index (χ1n) is 8.53. The summed E-state index contributed by atoms with van der Waals surface area (Å²) >= 11 is 5.17. The Kier molecular flexibility index (Phi) is 10.6. The summed E-state index contributed by atoms with van der Waals surface area (Å²) in [5, 5.41) is 6.51. The van der Waals surface area contributed by atoms with Crippen molar-refractivity contribution in [1.82, 2.24) is 5.32 Å². The van der Waals surface area contributed by atoms with Crippen molar-refractivity contribution in [2.75, 3.05) is 11.9 Å². The van der Waals surface area contributed by atoms with Gasteiger partial charge in [0, 0.05) is 6.54 Å². The van der Waals surface area contributed by atoms with Gasteiger partial charge in [0.15, 0.2) is 5.11 Å². The molecule has 0 heterocycles. The molecule has 0 radical (unpaired) electrons. The molecule has 0 aliphatic carbocycles. The first kappa shape index (κ1) is 18.9. The molecule has 0 aliphatic heterocycles. The molecule has 0 saturated carbocycles. The maximum atomic E-state index is 13.4. The van der Waals surface area contributed by atoms with Crippen LogP contribution in [0, 0.1) is 5.82 Å². The van der Waals surface area contributed by atoms with Crippen molar-refractivity contribution in [3.8, 4) is 0 Å². The number of halogens is 1. The zero-order valence-corrected chi connectivity index (χ0v) is 14.5. The lowest BCUT2D eigenvalue weighted by molar-refractivity contribution is 0.563. The van der Waals surface area contributed by atoms with Gasteiger partial charge in [-0.25, -0.2) is 4.39 Å². The predicted octanol–water partition coefficient (Wildman–Crippen LogP) is 5.64. The summed E-state index contributed by atoms with van der Waals surface area (Å²) in [5.41, 5.74) is 0.423. The first-order valence-corrected chi connectivity index (χ1v) is 8.94. The summed E-state index contributed by atoms with van der Waals surface area (Å²) in [5.74, 6) is -0.283. The second kappa shape index (κ2) is 12.4. The van der Waals surface area contributed by atoms with Gasteiger partial charge in [0.25, 0.3) is 0 Å². The molecule has 2 nitrogen and oxygen atoms in total. The Morgan fingerprint density at radius 1 is 0.955 bits per heavy atom. The molecule has 0 bridgehead atoms. The second-order valence-electron chi connectivity index (χ2n) is 5.69. The maximum Gasteiger partial charge on any atom is 0.170 e. The third-order valence-corrected chi connectivity index (χ3v) is 3.93. The molecule has 0 aliphatic rings. The Morgan fingerprint density at radius 2 is 1.55 bits per heavy atom. The van der Waals surface area contributed by atoms with Gasteiger partial charge in [-0.2, -0.15) is 0 Å². The van der Waals surface area contributed by atoms with Crippen LogP contribution in [0.1, 0.15) is 64.7 Å². The van der Waals surface area contributed by atoms with E-state index in [9.17, 15) is 4.39 Å². The predicted molar refractivity (Wildman–Crippen MR) is 97.9 cm³/mol. The van der Waals surface area contributed by atoms with Crippen molar-refractivity contribution in [1.29, 1.82) is 0 Å². The summed E-state index contributed by atoms with van der Waals surface area (Å²) in [6, 6.07) is 6.56. The van der Waals surface area contributed by atoms with E-state index in [2.05, 4.69) is 17.6 Å². The number of hydrogen-bond acceptors (Lipinski definition) is 1. The largest absolute Gasteiger partial charge is 0.362 e. The van der Waals surface area contributed by atoms with Crippen LogP contribution >= 0.6 is 12.2 Å². The number of para-hydroxylation sites is 1. The molecule has 1 aromatic carbocycles. The minimum atomic E-state index is -0.283. The molecule has 0 unspecified atom stereocenters. The van der Waals surface area contributed by atoms with Crippen LogP contribution in [0.2, 0.25) is 0 Å². The zero-order valence-electron chi connectivity index (χ0n) is 13.7. The van der Waals surface area contributed by atoms with Crippen molar-refractivity contribution in [2.45, 2.75) is 64.7 Å². The minimum Gasteiger partial charge on any atom is -0.362 e. The molecule has 0 fully saturated rings. The lowest BCUT2D eigenvalue weighted by Gasteiger charge is -2.11.